The number of ether oxygens (including phenoxy) is 4. The number of amides is 1. The van der Waals surface area contributed by atoms with Crippen LogP contribution in [0.1, 0.15) is 37.3 Å². The number of phosphoric acid groups is 2. The Bertz CT molecular complexity index is 2480. The van der Waals surface area contributed by atoms with E-state index in [0.717, 1.165) is 10.9 Å². The van der Waals surface area contributed by atoms with E-state index in [4.69, 9.17) is 50.7 Å². The summed E-state index contributed by atoms with van der Waals surface area (Å²) in [4.78, 5) is 85.9. The van der Waals surface area contributed by atoms with Crippen molar-refractivity contribution in [2.45, 2.75) is 74.9 Å². The number of hydrogen-bond donors (Lipinski definition) is 8. The van der Waals surface area contributed by atoms with Crippen LogP contribution >= 0.6 is 15.6 Å². The van der Waals surface area contributed by atoms with Crippen LogP contribution in [0.15, 0.2) is 59.1 Å². The Balaban J connectivity index is 1.10. The van der Waals surface area contributed by atoms with Gasteiger partial charge in [-0.1, -0.05) is 29.4 Å². The number of carbonyl (C=O) groups is 2. The third-order valence-corrected chi connectivity index (χ3v) is 10.9. The number of benzene rings is 1. The predicted octanol–water partition coefficient (Wildman–Crippen LogP) is 0.292. The normalized spacial score (nSPS) is 23.7. The Morgan fingerprint density at radius 2 is 1.83 bits per heavy atom. The highest BCUT2D eigenvalue weighted by Gasteiger charge is 2.50. The van der Waals surface area contributed by atoms with Gasteiger partial charge in [-0.2, -0.15) is 4.98 Å². The maximum Gasteiger partial charge on any atom is 0.472 e. The van der Waals surface area contributed by atoms with Crippen molar-refractivity contribution in [1.82, 2.24) is 34.4 Å². The van der Waals surface area contributed by atoms with Crippen LogP contribution in [0.2, 0.25) is 0 Å². The summed E-state index contributed by atoms with van der Waals surface area (Å²) in [6.45, 7) is -1.92. The van der Waals surface area contributed by atoms with Gasteiger partial charge in [0, 0.05) is 29.8 Å². The van der Waals surface area contributed by atoms with Crippen molar-refractivity contribution in [3.63, 3.8) is 0 Å². The zero-order chi connectivity index (χ0) is 45.5. The second kappa shape index (κ2) is 20.2. The third kappa shape index (κ3) is 12.1. The van der Waals surface area contributed by atoms with Crippen molar-refractivity contribution in [1.29, 1.82) is 0 Å². The summed E-state index contributed by atoms with van der Waals surface area (Å²) < 4.78 is 64.7. The Morgan fingerprint density at radius 3 is 2.57 bits per heavy atom. The van der Waals surface area contributed by atoms with Gasteiger partial charge in [-0.3, -0.25) is 27.5 Å². The number of aliphatic hydroxyl groups excluding tert-OH is 1. The number of aliphatic hydroxyl groups is 1. The Hall–Kier alpha value is -5.64. The van der Waals surface area contributed by atoms with Crippen LogP contribution < -0.4 is 28.2 Å². The van der Waals surface area contributed by atoms with Crippen LogP contribution in [0, 0.1) is 0 Å². The predicted molar refractivity (Wildman–Crippen MR) is 210 cm³/mol. The zero-order valence-corrected chi connectivity index (χ0v) is 34.3. The summed E-state index contributed by atoms with van der Waals surface area (Å²) in [7, 11) is -10.3. The third-order valence-electron chi connectivity index (χ3n) is 9.41. The molecular formula is C32H41N13O16P2. The fourth-order valence-corrected chi connectivity index (χ4v) is 7.73. The molecule has 0 spiro atoms. The zero-order valence-electron chi connectivity index (χ0n) is 32.5. The number of anilines is 2. The number of hydrogen-bond acceptors (Lipinski definition) is 21. The molecule has 11 N–H and O–H groups in total. The van der Waals surface area contributed by atoms with E-state index >= 15 is 0 Å². The van der Waals surface area contributed by atoms with Gasteiger partial charge < -0.3 is 61.3 Å². The number of nitrogens with two attached hydrogens (primary N) is 3. The molecule has 0 bridgehead atoms. The van der Waals surface area contributed by atoms with Crippen LogP contribution in [0.5, 0.6) is 0 Å². The van der Waals surface area contributed by atoms with Gasteiger partial charge in [-0.15, -0.1) is 0 Å². The van der Waals surface area contributed by atoms with E-state index < -0.39 is 95.6 Å². The number of nitrogens with zero attached hydrogens (tertiary/aromatic N) is 9. The van der Waals surface area contributed by atoms with Gasteiger partial charge in [0.25, 0.3) is 0 Å². The Kier molecular flexibility index (Phi) is 15.1. The van der Waals surface area contributed by atoms with Crippen molar-refractivity contribution in [3.8, 4) is 0 Å². The second-order valence-corrected chi connectivity index (χ2v) is 16.4. The molecule has 0 radical (unpaired) electrons. The minimum atomic E-state index is -5.21. The molecule has 9 atom stereocenters. The van der Waals surface area contributed by atoms with E-state index in [1.165, 1.54) is 23.2 Å². The first-order valence-corrected chi connectivity index (χ1v) is 21.6. The first kappa shape index (κ1) is 46.9. The van der Waals surface area contributed by atoms with E-state index in [1.807, 2.05) is 0 Å². The van der Waals surface area contributed by atoms with E-state index in [-0.39, 0.29) is 60.9 Å². The summed E-state index contributed by atoms with van der Waals surface area (Å²) in [5.41, 5.74) is 26.4. The first-order valence-electron chi connectivity index (χ1n) is 18.5. The second-order valence-electron chi connectivity index (χ2n) is 13.7. The van der Waals surface area contributed by atoms with Gasteiger partial charge in [-0.25, -0.2) is 33.7 Å². The van der Waals surface area contributed by atoms with Crippen LogP contribution in [0.25, 0.3) is 21.6 Å². The molecule has 1 aromatic carbocycles. The number of esters is 1. The van der Waals surface area contributed by atoms with Crippen molar-refractivity contribution < 1.29 is 71.0 Å². The average Bonchev–Trinajstić information content (AvgIpc) is 3.92. The number of rotatable bonds is 19. The Labute approximate surface area is 353 Å². The minimum absolute atomic E-state index is 0.00277. The molecule has 2 aliphatic rings. The van der Waals surface area contributed by atoms with Gasteiger partial charge in [0.1, 0.15) is 61.0 Å². The SMILES string of the molecule is [N-]=[N+]=Nc1ccccc1COC(=O)NCCC[C@@H](N)C(=O)O[C@H]1[C@@H](O)[C@H](n2cnc3c(N)ncnc32)O[C@H]1COP(=O)(O)O[C@H]1C[C@H](n2ccc(N)nc2=O)O[C@@H]1COP(=O)(O)O. The van der Waals surface area contributed by atoms with E-state index in [2.05, 4.69) is 39.8 Å². The molecule has 340 valence electrons. The lowest BCUT2D eigenvalue weighted by Gasteiger charge is -2.24. The molecule has 1 unspecified atom stereocenters. The van der Waals surface area contributed by atoms with Crippen LogP contribution in [-0.2, 0) is 53.1 Å². The monoisotopic (exact) mass is 925 g/mol. The van der Waals surface area contributed by atoms with E-state index in [9.17, 15) is 43.3 Å². The maximum atomic E-state index is 13.4. The number of azide groups is 1. The molecule has 29 nitrogen and oxygen atoms in total. The number of imidazole rings is 1. The number of alkyl carbamates (subject to hydrolysis) is 1. The molecule has 0 aliphatic carbocycles. The van der Waals surface area contributed by atoms with Crippen LogP contribution in [0.3, 0.4) is 0 Å². The summed E-state index contributed by atoms with van der Waals surface area (Å²) in [5, 5.41) is 17.5. The maximum absolute atomic E-state index is 13.4. The van der Waals surface area contributed by atoms with Crippen LogP contribution in [0.4, 0.5) is 22.1 Å². The molecule has 2 fully saturated rings. The first-order chi connectivity index (χ1) is 29.9. The highest BCUT2D eigenvalue weighted by atomic mass is 31.2. The molecule has 31 heteroatoms. The van der Waals surface area contributed by atoms with Crippen LogP contribution in [-0.4, -0.2) is 117 Å². The molecule has 4 aromatic rings. The fraction of sp³-hybridized carbons (Fsp3) is 0.469. The van der Waals surface area contributed by atoms with Crippen molar-refractivity contribution in [2.24, 2.45) is 10.8 Å². The lowest BCUT2D eigenvalue weighted by atomic mass is 10.1. The van der Waals surface area contributed by atoms with E-state index in [0.29, 0.717) is 5.56 Å². The van der Waals surface area contributed by atoms with Gasteiger partial charge in [0.2, 0.25) is 0 Å². The number of fused-ring (bicyclic) bond motifs is 1. The summed E-state index contributed by atoms with van der Waals surface area (Å²) in [6, 6.07) is 6.45. The number of nitrogens with one attached hydrogen (secondary N) is 1. The topological polar surface area (TPSA) is 431 Å². The van der Waals surface area contributed by atoms with Crippen molar-refractivity contribution >= 4 is 56.2 Å². The van der Waals surface area contributed by atoms with E-state index in [1.54, 1.807) is 24.3 Å². The highest BCUT2D eigenvalue weighted by molar-refractivity contribution is 7.47. The number of carbonyl (C=O) groups excluding carboxylic acids is 2. The summed E-state index contributed by atoms with van der Waals surface area (Å²) in [6.07, 6.45) is -7.90. The van der Waals surface area contributed by atoms with Crippen molar-refractivity contribution in [3.05, 3.63) is 75.7 Å². The molecule has 5 heterocycles. The molecule has 6 rings (SSSR count). The minimum Gasteiger partial charge on any atom is -0.455 e. The smallest absolute Gasteiger partial charge is 0.455 e. The fourth-order valence-electron chi connectivity index (χ4n) is 6.43. The van der Waals surface area contributed by atoms with Gasteiger partial charge in [0.15, 0.2) is 23.8 Å². The number of aromatic nitrogens is 6. The van der Waals surface area contributed by atoms with Gasteiger partial charge in [-0.05, 0) is 30.0 Å². The largest absolute Gasteiger partial charge is 0.472 e. The average molecular weight is 926 g/mol. The molecule has 2 aliphatic heterocycles. The standard InChI is InChI=1S/C32H41N13O16P2/c33-17(5-3-8-37-32(49)55-11-16-4-1-2-6-18(16)42-43-36)30(47)60-26-21(59-29(25(26)46)45-15-40-24-27(35)38-14-39-28(24)45)13-57-63(53,54)61-19-10-23(44-9-7-22(34)41-31(44)48)58-20(19)12-56-62(50,51)52/h1-2,4,6-7,9,14-15,17,19-21,23,25-26,29,46H,3,5,8,10-13,33H2,(H,37,49)(H,53,54)(H2,34,41,48)(H2,35,38,39)(H2,50,51,52)/t17-,19+,20-,21+,23-,25-,26-,29-/m1/s1. The summed E-state index contributed by atoms with van der Waals surface area (Å²) in [5.74, 6) is -1.15. The Morgan fingerprint density at radius 1 is 1.06 bits per heavy atom. The molecule has 0 saturated carbocycles. The molecule has 1 amide bonds. The quantitative estimate of drug-likeness (QED) is 0.0156. The highest BCUT2D eigenvalue weighted by Crippen LogP contribution is 2.50. The number of phosphoric ester groups is 2. The molecular weight excluding hydrogens is 884 g/mol. The lowest BCUT2D eigenvalue weighted by Crippen LogP contribution is -2.43. The number of nitrogen functional groups attached to an aromatic ring is 2. The molecule has 63 heavy (non-hydrogen) atoms. The summed E-state index contributed by atoms with van der Waals surface area (Å²) >= 11 is 0. The molecule has 3 aromatic heterocycles. The lowest BCUT2D eigenvalue weighted by molar-refractivity contribution is -0.158. The van der Waals surface area contributed by atoms with Gasteiger partial charge in [0.05, 0.1) is 19.5 Å². The van der Waals surface area contributed by atoms with Crippen molar-refractivity contribution in [2.75, 3.05) is 31.2 Å². The van der Waals surface area contributed by atoms with Gasteiger partial charge >= 0.3 is 33.4 Å². The molecule has 2 saturated heterocycles.